The lowest BCUT2D eigenvalue weighted by Gasteiger charge is -2.52. The quantitative estimate of drug-likeness (QED) is 0.230. The maximum absolute atomic E-state index is 14.8. The minimum Gasteiger partial charge on any atom is -1.00 e. The van der Waals surface area contributed by atoms with Crippen LogP contribution < -0.4 is 22.1 Å². The fourth-order valence-electron chi connectivity index (χ4n) is 6.62. The van der Waals surface area contributed by atoms with E-state index in [1.54, 1.807) is 0 Å². The van der Waals surface area contributed by atoms with Crippen LogP contribution >= 0.6 is 0 Å². The first-order valence-electron chi connectivity index (χ1n) is 13.3. The Kier molecular flexibility index (Phi) is 8.69. The molecule has 3 saturated heterocycles. The number of anilines is 1. The number of benzene rings is 2. The molecule has 0 spiro atoms. The first-order valence-corrected chi connectivity index (χ1v) is 13.3. The maximum atomic E-state index is 14.8. The number of hydrogen-bond acceptors (Lipinski definition) is 3. The standard InChI is InChI=1S/C29H35F2N2O3.BrH/c30-24-12-6-7-13-25(24)32(31)27(34)21-33-18-14-22(15-19-33)26(20-33)36-28(35)29(16-8-1-2-9-17-29)23-10-4-3-5-11-23;/h3-7,10-13,22,26H,1-2,8-9,14-21H2;1H/q+1;/p-1. The summed E-state index contributed by atoms with van der Waals surface area (Å²) in [5, 5.41) is -0.0695. The van der Waals surface area contributed by atoms with Crippen LogP contribution in [-0.2, 0) is 19.7 Å². The SMILES string of the molecule is O=C(C[N+]12CCC(CC1)C(OC(=O)C1(c3ccccc3)CCCCCC1)C2)N(F)c1ccccc1F.[Br-]. The molecule has 5 nitrogen and oxygen atoms in total. The van der Waals surface area contributed by atoms with Gasteiger partial charge in [0.1, 0.15) is 18.0 Å². The first-order chi connectivity index (χ1) is 17.4. The second kappa shape index (κ2) is 11.6. The Morgan fingerprint density at radius 1 is 0.946 bits per heavy atom. The van der Waals surface area contributed by atoms with Gasteiger partial charge < -0.3 is 26.2 Å². The van der Waals surface area contributed by atoms with E-state index in [1.165, 1.54) is 18.2 Å². The summed E-state index contributed by atoms with van der Waals surface area (Å²) in [4.78, 5) is 26.7. The highest BCUT2D eigenvalue weighted by Crippen LogP contribution is 2.42. The third-order valence-corrected chi connectivity index (χ3v) is 8.73. The summed E-state index contributed by atoms with van der Waals surface area (Å²) in [5.74, 6) is -1.44. The van der Waals surface area contributed by atoms with Crippen molar-refractivity contribution < 1.29 is 44.7 Å². The van der Waals surface area contributed by atoms with Gasteiger partial charge in [-0.15, -0.1) is 5.12 Å². The number of piperidine rings is 3. The van der Waals surface area contributed by atoms with Crippen LogP contribution in [0.3, 0.4) is 0 Å². The Balaban J connectivity index is 0.00000320. The van der Waals surface area contributed by atoms with Crippen molar-refractivity contribution in [1.29, 1.82) is 0 Å². The molecule has 3 heterocycles. The van der Waals surface area contributed by atoms with Crippen molar-refractivity contribution in [2.75, 3.05) is 31.3 Å². The van der Waals surface area contributed by atoms with Gasteiger partial charge in [0.15, 0.2) is 12.6 Å². The fourth-order valence-corrected chi connectivity index (χ4v) is 6.62. The Labute approximate surface area is 228 Å². The molecule has 3 aliphatic heterocycles. The third-order valence-electron chi connectivity index (χ3n) is 8.73. The van der Waals surface area contributed by atoms with Gasteiger partial charge in [0, 0.05) is 18.8 Å². The summed E-state index contributed by atoms with van der Waals surface area (Å²) in [6.45, 7) is 1.90. The van der Waals surface area contributed by atoms with Gasteiger partial charge >= 0.3 is 11.9 Å². The zero-order valence-electron chi connectivity index (χ0n) is 21.1. The molecule has 6 rings (SSSR count). The number of ether oxygens (including phenoxy) is 1. The first kappa shape index (κ1) is 27.7. The van der Waals surface area contributed by atoms with Crippen LogP contribution in [0, 0.1) is 11.7 Å². The van der Waals surface area contributed by atoms with Crippen LogP contribution in [0.1, 0.15) is 56.9 Å². The number of hydrogen-bond donors (Lipinski definition) is 0. The van der Waals surface area contributed by atoms with Crippen molar-refractivity contribution in [2.24, 2.45) is 5.92 Å². The van der Waals surface area contributed by atoms with Crippen molar-refractivity contribution in [1.82, 2.24) is 0 Å². The number of quaternary nitrogens is 1. The van der Waals surface area contributed by atoms with Crippen molar-refractivity contribution >= 4 is 17.6 Å². The van der Waals surface area contributed by atoms with E-state index in [9.17, 15) is 18.5 Å². The zero-order chi connectivity index (χ0) is 25.2. The predicted octanol–water partition coefficient (Wildman–Crippen LogP) is 2.49. The van der Waals surface area contributed by atoms with Crippen LogP contribution in [-0.4, -0.2) is 48.6 Å². The van der Waals surface area contributed by atoms with Gasteiger partial charge in [-0.2, -0.15) is 0 Å². The number of carbonyl (C=O) groups excluding carboxylic acids is 2. The van der Waals surface area contributed by atoms with Crippen molar-refractivity contribution in [3.63, 3.8) is 0 Å². The van der Waals surface area contributed by atoms with E-state index in [2.05, 4.69) is 0 Å². The second-order valence-corrected chi connectivity index (χ2v) is 10.9. The summed E-state index contributed by atoms with van der Waals surface area (Å²) in [7, 11) is 0. The molecule has 1 atom stereocenters. The monoisotopic (exact) mass is 576 g/mol. The van der Waals surface area contributed by atoms with Crippen molar-refractivity contribution in [2.45, 2.75) is 62.9 Å². The highest BCUT2D eigenvalue weighted by Gasteiger charge is 2.51. The van der Waals surface area contributed by atoms with E-state index in [4.69, 9.17) is 4.74 Å². The van der Waals surface area contributed by atoms with Crippen LogP contribution in [0.2, 0.25) is 0 Å². The summed E-state index contributed by atoms with van der Waals surface area (Å²) in [6, 6.07) is 15.4. The average Bonchev–Trinajstić information content (AvgIpc) is 3.17. The molecule has 2 aromatic carbocycles. The molecule has 37 heavy (non-hydrogen) atoms. The van der Waals surface area contributed by atoms with Crippen LogP contribution in [0.25, 0.3) is 0 Å². The molecule has 8 heteroatoms. The molecule has 1 amide bonds. The predicted molar refractivity (Wildman–Crippen MR) is 133 cm³/mol. The van der Waals surface area contributed by atoms with E-state index in [-0.39, 0.29) is 52.3 Å². The smallest absolute Gasteiger partial charge is 0.317 e. The molecule has 1 aliphatic carbocycles. The number of amides is 1. The third kappa shape index (κ3) is 5.60. The number of rotatable bonds is 6. The molecule has 0 N–H and O–H groups in total. The number of nitrogens with zero attached hydrogens (tertiary/aromatic N) is 2. The molecule has 1 saturated carbocycles. The van der Waals surface area contributed by atoms with E-state index in [1.807, 2.05) is 30.3 Å². The number of fused-ring (bicyclic) bond motifs is 3. The summed E-state index contributed by atoms with van der Waals surface area (Å²) in [5.41, 5.74) is 0.0225. The Bertz CT molecular complexity index is 1080. The lowest BCUT2D eigenvalue weighted by atomic mass is 9.74. The number of esters is 1. The molecule has 2 bridgehead atoms. The van der Waals surface area contributed by atoms with E-state index >= 15 is 0 Å². The molecule has 4 fully saturated rings. The van der Waals surface area contributed by atoms with E-state index in [0.29, 0.717) is 11.0 Å². The molecule has 4 aliphatic rings. The van der Waals surface area contributed by atoms with Crippen LogP contribution in [0.15, 0.2) is 54.6 Å². The lowest BCUT2D eigenvalue weighted by Crippen LogP contribution is -3.00. The summed E-state index contributed by atoms with van der Waals surface area (Å²) in [6.07, 6.45) is 7.17. The topological polar surface area (TPSA) is 46.6 Å². The molecule has 1 unspecified atom stereocenters. The van der Waals surface area contributed by atoms with Gasteiger partial charge in [-0.05, 0) is 30.5 Å². The van der Waals surface area contributed by atoms with Gasteiger partial charge in [-0.1, -0.05) is 72.6 Å². The number of halogens is 3. The Hall–Kier alpha value is -2.32. The summed E-state index contributed by atoms with van der Waals surface area (Å²) >= 11 is 0. The van der Waals surface area contributed by atoms with Gasteiger partial charge in [0.05, 0.1) is 18.5 Å². The lowest BCUT2D eigenvalue weighted by molar-refractivity contribution is -0.939. The van der Waals surface area contributed by atoms with Crippen molar-refractivity contribution in [3.8, 4) is 0 Å². The highest BCUT2D eigenvalue weighted by atomic mass is 79.9. The van der Waals surface area contributed by atoms with Crippen LogP contribution in [0.5, 0.6) is 0 Å². The molecule has 0 radical (unpaired) electrons. The minimum absolute atomic E-state index is 0. The molecule has 2 aromatic rings. The highest BCUT2D eigenvalue weighted by molar-refractivity contribution is 5.92. The zero-order valence-corrected chi connectivity index (χ0v) is 22.7. The fraction of sp³-hybridized carbons (Fsp3) is 0.517. The van der Waals surface area contributed by atoms with Crippen molar-refractivity contribution in [3.05, 3.63) is 66.0 Å². The normalized spacial score (nSPS) is 26.4. The Morgan fingerprint density at radius 3 is 2.22 bits per heavy atom. The second-order valence-electron chi connectivity index (χ2n) is 10.9. The minimum atomic E-state index is -0.771. The van der Waals surface area contributed by atoms with Gasteiger partial charge in [-0.25, -0.2) is 4.39 Å². The number of para-hydroxylation sites is 1. The average molecular weight is 578 g/mol. The van der Waals surface area contributed by atoms with Gasteiger partial charge in [0.25, 0.3) is 0 Å². The van der Waals surface area contributed by atoms with E-state index < -0.39 is 17.1 Å². The van der Waals surface area contributed by atoms with Crippen LogP contribution in [0.4, 0.5) is 14.6 Å². The van der Waals surface area contributed by atoms with E-state index in [0.717, 1.165) is 76.1 Å². The molecule has 0 aromatic heterocycles. The Morgan fingerprint density at radius 2 is 1.57 bits per heavy atom. The molecular weight excluding hydrogens is 542 g/mol. The largest absolute Gasteiger partial charge is 1.00 e. The number of carbonyl (C=O) groups is 2. The maximum Gasteiger partial charge on any atom is 0.317 e. The summed E-state index contributed by atoms with van der Waals surface area (Å²) < 4.78 is 35.6. The molecule has 200 valence electrons. The van der Waals surface area contributed by atoms with Gasteiger partial charge in [0.2, 0.25) is 0 Å². The van der Waals surface area contributed by atoms with Gasteiger partial charge in [-0.3, -0.25) is 9.59 Å². The molecular formula is C29H35BrF2N2O3.